The van der Waals surface area contributed by atoms with Crippen molar-refractivity contribution in [3.05, 3.63) is 39.4 Å². The first-order valence-electron chi connectivity index (χ1n) is 5.92. The van der Waals surface area contributed by atoms with Crippen LogP contribution < -0.4 is 4.72 Å². The van der Waals surface area contributed by atoms with Crippen molar-refractivity contribution in [3.8, 4) is 0 Å². The van der Waals surface area contributed by atoms with E-state index in [9.17, 15) is 13.2 Å². The van der Waals surface area contributed by atoms with Gasteiger partial charge in [-0.3, -0.25) is 4.79 Å². The van der Waals surface area contributed by atoms with Gasteiger partial charge in [-0.15, -0.1) is 22.7 Å². The van der Waals surface area contributed by atoms with Crippen molar-refractivity contribution in [2.45, 2.75) is 14.4 Å². The molecule has 2 rings (SSSR count). The van der Waals surface area contributed by atoms with E-state index in [1.54, 1.807) is 22.9 Å². The van der Waals surface area contributed by atoms with E-state index in [-0.39, 0.29) is 10.8 Å². The predicted molar refractivity (Wildman–Crippen MR) is 92.2 cm³/mol. The highest BCUT2D eigenvalue weighted by Gasteiger charge is 2.32. The van der Waals surface area contributed by atoms with E-state index < -0.39 is 19.6 Å². The van der Waals surface area contributed by atoms with E-state index in [4.69, 9.17) is 34.8 Å². The molecule has 10 heteroatoms. The third kappa shape index (κ3) is 4.67. The van der Waals surface area contributed by atoms with Crippen LogP contribution in [0.2, 0.25) is 0 Å². The van der Waals surface area contributed by atoms with Crippen LogP contribution in [0, 0.1) is 0 Å². The number of sulfonamides is 1. The first-order chi connectivity index (χ1) is 10.2. The average Bonchev–Trinajstić information content (AvgIpc) is 3.08. The van der Waals surface area contributed by atoms with Crippen LogP contribution in [0.25, 0.3) is 0 Å². The van der Waals surface area contributed by atoms with Crippen LogP contribution in [0.15, 0.2) is 33.2 Å². The van der Waals surface area contributed by atoms with Crippen LogP contribution in [0.4, 0.5) is 0 Å². The first-order valence-corrected chi connectivity index (χ1v) is 10.3. The molecular weight excluding hydrogens is 409 g/mol. The fraction of sp³-hybridized carbons (Fsp3) is 0.250. The summed E-state index contributed by atoms with van der Waals surface area (Å²) in [6.07, 6.45) is 0.439. The Morgan fingerprint density at radius 3 is 2.59 bits per heavy atom. The topological polar surface area (TPSA) is 63.2 Å². The summed E-state index contributed by atoms with van der Waals surface area (Å²) in [6, 6.07) is 4.82. The van der Waals surface area contributed by atoms with Gasteiger partial charge in [0.1, 0.15) is 4.21 Å². The second kappa shape index (κ2) is 7.17. The molecule has 0 amide bonds. The van der Waals surface area contributed by atoms with Gasteiger partial charge in [0, 0.05) is 6.54 Å². The van der Waals surface area contributed by atoms with Crippen LogP contribution in [-0.2, 0) is 16.4 Å². The molecule has 0 aliphatic rings. The number of ketones is 1. The second-order valence-corrected chi connectivity index (χ2v) is 10.4. The first kappa shape index (κ1) is 18.2. The lowest BCUT2D eigenvalue weighted by atomic mass is 10.2. The molecule has 0 aromatic carbocycles. The summed E-state index contributed by atoms with van der Waals surface area (Å²) >= 11 is 19.0. The van der Waals surface area contributed by atoms with Crippen molar-refractivity contribution in [2.24, 2.45) is 0 Å². The highest BCUT2D eigenvalue weighted by atomic mass is 35.6. The lowest BCUT2D eigenvalue weighted by Crippen LogP contribution is -2.25. The van der Waals surface area contributed by atoms with E-state index in [2.05, 4.69) is 4.72 Å². The molecule has 0 aliphatic heterocycles. The number of rotatable bonds is 6. The molecule has 2 heterocycles. The largest absolute Gasteiger partial charge is 0.288 e. The summed E-state index contributed by atoms with van der Waals surface area (Å²) < 4.78 is 24.6. The Morgan fingerprint density at radius 1 is 1.27 bits per heavy atom. The van der Waals surface area contributed by atoms with Crippen LogP contribution in [-0.4, -0.2) is 24.5 Å². The van der Waals surface area contributed by atoms with E-state index in [1.807, 2.05) is 0 Å². The number of hydrogen-bond acceptors (Lipinski definition) is 5. The minimum absolute atomic E-state index is 0.221. The normalized spacial score (nSPS) is 12.5. The standard InChI is InChI=1S/C12H10Cl3NO3S3/c13-12(14,15)11(17)9-6-8(7-21-9)3-4-16-22(18,19)10-2-1-5-20-10/h1-2,5-7,16H,3-4H2. The maximum absolute atomic E-state index is 11.9. The molecule has 120 valence electrons. The molecule has 0 atom stereocenters. The zero-order chi connectivity index (χ0) is 16.4. The van der Waals surface area contributed by atoms with Gasteiger partial charge < -0.3 is 0 Å². The van der Waals surface area contributed by atoms with E-state index in [0.29, 0.717) is 11.3 Å². The molecule has 0 spiro atoms. The Morgan fingerprint density at radius 2 is 2.00 bits per heavy atom. The van der Waals surface area contributed by atoms with Crippen molar-refractivity contribution in [3.63, 3.8) is 0 Å². The van der Waals surface area contributed by atoms with Gasteiger partial charge in [-0.1, -0.05) is 40.9 Å². The number of thiophene rings is 2. The Balaban J connectivity index is 1.94. The number of halogens is 3. The smallest absolute Gasteiger partial charge is 0.254 e. The monoisotopic (exact) mass is 417 g/mol. The Bertz CT molecular complexity index is 748. The van der Waals surface area contributed by atoms with Crippen molar-refractivity contribution in [1.29, 1.82) is 0 Å². The molecule has 0 saturated carbocycles. The van der Waals surface area contributed by atoms with Gasteiger partial charge in [0.15, 0.2) is 0 Å². The molecule has 22 heavy (non-hydrogen) atoms. The second-order valence-electron chi connectivity index (χ2n) is 4.23. The quantitative estimate of drug-likeness (QED) is 0.572. The van der Waals surface area contributed by atoms with Crippen LogP contribution in [0.3, 0.4) is 0 Å². The minimum atomic E-state index is -3.48. The maximum atomic E-state index is 11.9. The highest BCUT2D eigenvalue weighted by Crippen LogP contribution is 2.32. The third-order valence-electron chi connectivity index (χ3n) is 2.60. The van der Waals surface area contributed by atoms with Gasteiger partial charge in [-0.25, -0.2) is 13.1 Å². The summed E-state index contributed by atoms with van der Waals surface area (Å²) in [5.41, 5.74) is 0.802. The summed E-state index contributed by atoms with van der Waals surface area (Å²) in [5.74, 6) is -0.590. The van der Waals surface area contributed by atoms with E-state index in [1.165, 1.54) is 6.07 Å². The minimum Gasteiger partial charge on any atom is -0.288 e. The molecule has 0 fully saturated rings. The lowest BCUT2D eigenvalue weighted by molar-refractivity contribution is 0.1000. The Hall–Kier alpha value is -0.150. The fourth-order valence-electron chi connectivity index (χ4n) is 1.58. The summed E-state index contributed by atoms with van der Waals surface area (Å²) in [7, 11) is -3.48. The number of carbonyl (C=O) groups is 1. The third-order valence-corrected chi connectivity index (χ3v) is 6.95. The van der Waals surface area contributed by atoms with Crippen molar-refractivity contribution >= 4 is 73.3 Å². The average molecular weight is 419 g/mol. The number of alkyl halides is 3. The zero-order valence-corrected chi connectivity index (χ0v) is 15.6. The molecule has 0 aliphatic carbocycles. The number of Topliss-reactive ketones (excluding diaryl/α,β-unsaturated/α-hetero) is 1. The molecule has 0 radical (unpaired) electrons. The highest BCUT2D eigenvalue weighted by molar-refractivity contribution is 7.91. The van der Waals surface area contributed by atoms with Crippen molar-refractivity contribution in [1.82, 2.24) is 4.72 Å². The van der Waals surface area contributed by atoms with Gasteiger partial charge in [-0.2, -0.15) is 0 Å². The van der Waals surface area contributed by atoms with Gasteiger partial charge in [-0.05, 0) is 34.9 Å². The van der Waals surface area contributed by atoms with Gasteiger partial charge in [0.25, 0.3) is 3.79 Å². The summed E-state index contributed by atoms with van der Waals surface area (Å²) in [6.45, 7) is 0.221. The van der Waals surface area contributed by atoms with E-state index in [0.717, 1.165) is 28.2 Å². The molecule has 4 nitrogen and oxygen atoms in total. The Labute approximate surface area is 151 Å². The zero-order valence-electron chi connectivity index (χ0n) is 10.9. The molecule has 2 aromatic heterocycles. The maximum Gasteiger partial charge on any atom is 0.254 e. The SMILES string of the molecule is O=C(c1cc(CCNS(=O)(=O)c2cccs2)cs1)C(Cl)(Cl)Cl. The van der Waals surface area contributed by atoms with Crippen LogP contribution >= 0.6 is 57.5 Å². The molecule has 0 unspecified atom stereocenters. The number of hydrogen-bond donors (Lipinski definition) is 1. The van der Waals surface area contributed by atoms with Gasteiger partial charge in [0.2, 0.25) is 15.8 Å². The summed E-state index contributed by atoms with van der Waals surface area (Å²) in [5, 5.41) is 3.44. The molecule has 0 saturated heterocycles. The van der Waals surface area contributed by atoms with Crippen LogP contribution in [0.5, 0.6) is 0 Å². The van der Waals surface area contributed by atoms with Crippen molar-refractivity contribution < 1.29 is 13.2 Å². The molecule has 1 N–H and O–H groups in total. The lowest BCUT2D eigenvalue weighted by Gasteiger charge is -2.06. The van der Waals surface area contributed by atoms with E-state index >= 15 is 0 Å². The molecular formula is C12H10Cl3NO3S3. The number of nitrogens with one attached hydrogen (secondary N) is 1. The molecule has 2 aromatic rings. The van der Waals surface area contributed by atoms with Gasteiger partial charge >= 0.3 is 0 Å². The summed E-state index contributed by atoms with van der Waals surface area (Å²) in [4.78, 5) is 12.1. The van der Waals surface area contributed by atoms with Gasteiger partial charge in [0.05, 0.1) is 4.88 Å². The Kier molecular flexibility index (Phi) is 5.93. The molecule has 0 bridgehead atoms. The predicted octanol–water partition coefficient (Wildman–Crippen LogP) is 3.88. The van der Waals surface area contributed by atoms with Crippen molar-refractivity contribution in [2.75, 3.05) is 6.54 Å². The number of carbonyl (C=O) groups excluding carboxylic acids is 1. The fourth-order valence-corrected chi connectivity index (χ4v) is 5.07. The van der Waals surface area contributed by atoms with Crippen LogP contribution in [0.1, 0.15) is 15.2 Å².